The second-order valence-electron chi connectivity index (χ2n) is 3.91. The van der Waals surface area contributed by atoms with Crippen molar-refractivity contribution in [3.63, 3.8) is 0 Å². The molecule has 14 heavy (non-hydrogen) atoms. The molecular formula is C10H19NO2S. The van der Waals surface area contributed by atoms with Crippen molar-refractivity contribution in [3.8, 4) is 0 Å². The maximum absolute atomic E-state index is 11.1. The van der Waals surface area contributed by atoms with Crippen LogP contribution in [0.4, 0.5) is 0 Å². The summed E-state index contributed by atoms with van der Waals surface area (Å²) in [5, 5.41) is 3.35. The van der Waals surface area contributed by atoms with E-state index in [0.717, 1.165) is 25.8 Å². The summed E-state index contributed by atoms with van der Waals surface area (Å²) in [5.74, 6) is 0.673. The second kappa shape index (κ2) is 4.94. The average Bonchev–Trinajstić information content (AvgIpc) is 2.16. The van der Waals surface area contributed by atoms with E-state index in [1.165, 1.54) is 5.57 Å². The van der Waals surface area contributed by atoms with Gasteiger partial charge in [-0.15, -0.1) is 0 Å². The maximum atomic E-state index is 11.1. The quantitative estimate of drug-likeness (QED) is 0.718. The van der Waals surface area contributed by atoms with Gasteiger partial charge in [0.15, 0.2) is 0 Å². The number of rotatable bonds is 4. The van der Waals surface area contributed by atoms with Gasteiger partial charge in [0.2, 0.25) is 0 Å². The third-order valence-corrected chi connectivity index (χ3v) is 4.41. The van der Waals surface area contributed by atoms with Gasteiger partial charge in [-0.05, 0) is 19.3 Å². The van der Waals surface area contributed by atoms with Crippen LogP contribution in [0.3, 0.4) is 0 Å². The van der Waals surface area contributed by atoms with E-state index in [1.54, 1.807) is 0 Å². The van der Waals surface area contributed by atoms with Gasteiger partial charge < -0.3 is 5.32 Å². The summed E-state index contributed by atoms with van der Waals surface area (Å²) in [5.41, 5.74) is 1.18. The molecule has 0 bridgehead atoms. The van der Waals surface area contributed by atoms with Crippen LogP contribution in [0.15, 0.2) is 12.2 Å². The molecule has 1 rings (SSSR count). The van der Waals surface area contributed by atoms with Crippen molar-refractivity contribution >= 4 is 9.84 Å². The van der Waals surface area contributed by atoms with E-state index in [2.05, 4.69) is 18.8 Å². The first kappa shape index (κ1) is 11.7. The Bertz CT molecular complexity index is 281. The van der Waals surface area contributed by atoms with Crippen molar-refractivity contribution in [1.82, 2.24) is 5.32 Å². The molecule has 1 heterocycles. The van der Waals surface area contributed by atoms with Gasteiger partial charge in [-0.25, -0.2) is 8.42 Å². The molecule has 1 aliphatic heterocycles. The van der Waals surface area contributed by atoms with Crippen LogP contribution in [0.1, 0.15) is 26.2 Å². The largest absolute Gasteiger partial charge is 0.310 e. The molecular weight excluding hydrogens is 198 g/mol. The molecule has 3 nitrogen and oxygen atoms in total. The van der Waals surface area contributed by atoms with Gasteiger partial charge in [0.25, 0.3) is 0 Å². The Morgan fingerprint density at radius 2 is 2.00 bits per heavy atom. The lowest BCUT2D eigenvalue weighted by atomic mass is 10.1. The van der Waals surface area contributed by atoms with Crippen LogP contribution in [0.5, 0.6) is 0 Å². The molecule has 0 spiro atoms. The van der Waals surface area contributed by atoms with Crippen LogP contribution in [0.2, 0.25) is 0 Å². The Morgan fingerprint density at radius 3 is 2.50 bits per heavy atom. The van der Waals surface area contributed by atoms with E-state index in [-0.39, 0.29) is 0 Å². The Morgan fingerprint density at radius 1 is 1.43 bits per heavy atom. The van der Waals surface area contributed by atoms with E-state index in [9.17, 15) is 8.42 Å². The van der Waals surface area contributed by atoms with E-state index >= 15 is 0 Å². The lowest BCUT2D eigenvalue weighted by Crippen LogP contribution is -2.38. The molecule has 0 atom stereocenters. The highest BCUT2D eigenvalue weighted by atomic mass is 32.2. The zero-order chi connectivity index (χ0) is 10.6. The first-order valence-electron chi connectivity index (χ1n) is 5.14. The van der Waals surface area contributed by atoms with Gasteiger partial charge in [-0.1, -0.05) is 19.1 Å². The molecule has 1 fully saturated rings. The van der Waals surface area contributed by atoms with Gasteiger partial charge in [0.05, 0.1) is 11.5 Å². The van der Waals surface area contributed by atoms with E-state index < -0.39 is 9.84 Å². The minimum absolute atomic E-state index is 0.337. The third kappa shape index (κ3) is 3.80. The van der Waals surface area contributed by atoms with Crippen LogP contribution in [-0.4, -0.2) is 32.5 Å². The van der Waals surface area contributed by atoms with Gasteiger partial charge in [-0.2, -0.15) is 0 Å². The normalized spacial score (nSPS) is 22.1. The number of hydrogen-bond acceptors (Lipinski definition) is 3. The summed E-state index contributed by atoms with van der Waals surface area (Å²) in [6.07, 6.45) is 2.48. The van der Waals surface area contributed by atoms with Gasteiger partial charge >= 0.3 is 0 Å². The Labute approximate surface area is 86.5 Å². The predicted molar refractivity (Wildman–Crippen MR) is 59.1 cm³/mol. The van der Waals surface area contributed by atoms with Crippen molar-refractivity contribution in [2.45, 2.75) is 32.2 Å². The second-order valence-corrected chi connectivity index (χ2v) is 6.21. The molecule has 82 valence electrons. The zero-order valence-electron chi connectivity index (χ0n) is 8.75. The Kier molecular flexibility index (Phi) is 4.13. The molecule has 0 amide bonds. The lowest BCUT2D eigenvalue weighted by Gasteiger charge is -2.23. The molecule has 0 aliphatic carbocycles. The predicted octanol–water partition coefficient (Wildman–Crippen LogP) is 1.12. The maximum Gasteiger partial charge on any atom is 0.150 e. The highest BCUT2D eigenvalue weighted by molar-refractivity contribution is 7.91. The Balaban J connectivity index is 2.26. The van der Waals surface area contributed by atoms with Crippen molar-refractivity contribution in [1.29, 1.82) is 0 Å². The molecule has 0 aromatic heterocycles. The first-order chi connectivity index (χ1) is 6.53. The zero-order valence-corrected chi connectivity index (χ0v) is 9.57. The molecule has 0 unspecified atom stereocenters. The standard InChI is InChI=1S/C10H19NO2S/c1-3-9(2)8-11-10-4-6-14(12,13)7-5-10/h10-11H,2-8H2,1H3. The molecule has 0 aromatic rings. The molecule has 1 saturated heterocycles. The van der Waals surface area contributed by atoms with Crippen LogP contribution in [0, 0.1) is 0 Å². The van der Waals surface area contributed by atoms with E-state index in [0.29, 0.717) is 17.5 Å². The smallest absolute Gasteiger partial charge is 0.150 e. The van der Waals surface area contributed by atoms with Crippen LogP contribution < -0.4 is 5.32 Å². The van der Waals surface area contributed by atoms with Crippen molar-refractivity contribution in [2.24, 2.45) is 0 Å². The topological polar surface area (TPSA) is 46.2 Å². The lowest BCUT2D eigenvalue weighted by molar-refractivity contribution is 0.477. The third-order valence-electron chi connectivity index (χ3n) is 2.70. The number of sulfone groups is 1. The number of nitrogens with one attached hydrogen (secondary N) is 1. The van der Waals surface area contributed by atoms with Crippen molar-refractivity contribution in [3.05, 3.63) is 12.2 Å². The summed E-state index contributed by atoms with van der Waals surface area (Å²) in [4.78, 5) is 0. The molecule has 0 radical (unpaired) electrons. The van der Waals surface area contributed by atoms with Crippen molar-refractivity contribution < 1.29 is 8.42 Å². The summed E-state index contributed by atoms with van der Waals surface area (Å²) in [6.45, 7) is 6.80. The van der Waals surface area contributed by atoms with Crippen LogP contribution >= 0.6 is 0 Å². The molecule has 0 aromatic carbocycles. The van der Waals surface area contributed by atoms with Crippen molar-refractivity contribution in [2.75, 3.05) is 18.1 Å². The number of hydrogen-bond donors (Lipinski definition) is 1. The monoisotopic (exact) mass is 217 g/mol. The summed E-state index contributed by atoms with van der Waals surface area (Å²) in [6, 6.07) is 0.363. The van der Waals surface area contributed by atoms with E-state index in [4.69, 9.17) is 0 Å². The fourth-order valence-corrected chi connectivity index (χ4v) is 3.00. The summed E-state index contributed by atoms with van der Waals surface area (Å²) >= 11 is 0. The SMILES string of the molecule is C=C(CC)CNC1CCS(=O)(=O)CC1. The average molecular weight is 217 g/mol. The molecule has 1 N–H and O–H groups in total. The highest BCUT2D eigenvalue weighted by Crippen LogP contribution is 2.12. The minimum Gasteiger partial charge on any atom is -0.310 e. The summed E-state index contributed by atoms with van der Waals surface area (Å²) in [7, 11) is -2.72. The minimum atomic E-state index is -2.72. The van der Waals surface area contributed by atoms with Gasteiger partial charge in [0, 0.05) is 12.6 Å². The van der Waals surface area contributed by atoms with E-state index in [1.807, 2.05) is 0 Å². The fourth-order valence-electron chi connectivity index (χ4n) is 1.51. The molecule has 0 saturated carbocycles. The molecule has 1 aliphatic rings. The molecule has 4 heteroatoms. The van der Waals surface area contributed by atoms with Gasteiger partial charge in [0.1, 0.15) is 9.84 Å². The Hall–Kier alpha value is -0.350. The van der Waals surface area contributed by atoms with Gasteiger partial charge in [-0.3, -0.25) is 0 Å². The fraction of sp³-hybridized carbons (Fsp3) is 0.800. The van der Waals surface area contributed by atoms with Crippen LogP contribution in [-0.2, 0) is 9.84 Å². The highest BCUT2D eigenvalue weighted by Gasteiger charge is 2.22. The summed E-state index contributed by atoms with van der Waals surface area (Å²) < 4.78 is 22.3. The first-order valence-corrected chi connectivity index (χ1v) is 6.96. The van der Waals surface area contributed by atoms with Crippen LogP contribution in [0.25, 0.3) is 0 Å².